The summed E-state index contributed by atoms with van der Waals surface area (Å²) in [4.78, 5) is 4.43. The number of hydrogen-bond acceptors (Lipinski definition) is 3. The number of hydrogen-bond donors (Lipinski definition) is 1. The number of fused-ring (bicyclic) bond motifs is 1. The van der Waals surface area contributed by atoms with Gasteiger partial charge in [0.05, 0.1) is 17.1 Å². The third-order valence-corrected chi connectivity index (χ3v) is 3.75. The molecule has 1 aromatic carbocycles. The highest BCUT2D eigenvalue weighted by Crippen LogP contribution is 2.33. The van der Waals surface area contributed by atoms with Crippen LogP contribution < -0.4 is 10.5 Å². The summed E-state index contributed by atoms with van der Waals surface area (Å²) in [6.07, 6.45) is 4.34. The first kappa shape index (κ1) is 12.7. The number of ether oxygens (including phenoxy) is 1. The van der Waals surface area contributed by atoms with Crippen molar-refractivity contribution in [1.29, 1.82) is 0 Å². The van der Waals surface area contributed by atoms with E-state index < -0.39 is 0 Å². The van der Waals surface area contributed by atoms with Crippen molar-refractivity contribution in [2.24, 2.45) is 11.7 Å². The predicted molar refractivity (Wildman–Crippen MR) is 77.6 cm³/mol. The predicted octanol–water partition coefficient (Wildman–Crippen LogP) is 3.70. The Morgan fingerprint density at radius 1 is 1.42 bits per heavy atom. The maximum absolute atomic E-state index is 6.25. The molecule has 0 amide bonds. The molecule has 4 heteroatoms. The Labute approximate surface area is 117 Å². The molecular formula is C15H17ClN2O. The summed E-state index contributed by atoms with van der Waals surface area (Å²) < 4.78 is 5.75. The second-order valence-electron chi connectivity index (χ2n) is 5.29. The van der Waals surface area contributed by atoms with Crippen LogP contribution in [0.5, 0.6) is 5.75 Å². The van der Waals surface area contributed by atoms with Crippen molar-refractivity contribution in [3.63, 3.8) is 0 Å². The quantitative estimate of drug-likeness (QED) is 0.926. The van der Waals surface area contributed by atoms with Gasteiger partial charge in [-0.15, -0.1) is 0 Å². The summed E-state index contributed by atoms with van der Waals surface area (Å²) in [6.45, 7) is 2.70. The van der Waals surface area contributed by atoms with Gasteiger partial charge in [0.15, 0.2) is 0 Å². The minimum Gasteiger partial charge on any atom is -0.492 e. The van der Waals surface area contributed by atoms with E-state index >= 15 is 0 Å². The summed E-state index contributed by atoms with van der Waals surface area (Å²) in [7, 11) is 0. The summed E-state index contributed by atoms with van der Waals surface area (Å²) in [6, 6.07) is 5.81. The van der Waals surface area contributed by atoms with E-state index in [0.717, 1.165) is 28.8 Å². The van der Waals surface area contributed by atoms with Crippen molar-refractivity contribution in [1.82, 2.24) is 4.98 Å². The van der Waals surface area contributed by atoms with Crippen LogP contribution in [-0.2, 0) is 0 Å². The first-order valence-corrected chi connectivity index (χ1v) is 6.99. The van der Waals surface area contributed by atoms with Crippen molar-refractivity contribution in [2.45, 2.75) is 25.8 Å². The molecule has 1 unspecified atom stereocenters. The van der Waals surface area contributed by atoms with Crippen LogP contribution in [-0.4, -0.2) is 11.6 Å². The first-order valence-electron chi connectivity index (χ1n) is 6.61. The lowest BCUT2D eigenvalue weighted by Crippen LogP contribution is -2.05. The second kappa shape index (κ2) is 4.99. The molecule has 1 atom stereocenters. The molecule has 1 aromatic heterocycles. The summed E-state index contributed by atoms with van der Waals surface area (Å²) in [5.74, 6) is 1.43. The van der Waals surface area contributed by atoms with Gasteiger partial charge in [0.2, 0.25) is 0 Å². The minimum absolute atomic E-state index is 0.0264. The van der Waals surface area contributed by atoms with E-state index in [1.807, 2.05) is 31.3 Å². The van der Waals surface area contributed by atoms with Crippen molar-refractivity contribution in [3.8, 4) is 5.75 Å². The van der Waals surface area contributed by atoms with Crippen LogP contribution in [0.15, 0.2) is 24.4 Å². The molecule has 1 saturated carbocycles. The van der Waals surface area contributed by atoms with Gasteiger partial charge in [-0.25, -0.2) is 0 Å². The number of rotatable bonds is 4. The van der Waals surface area contributed by atoms with E-state index in [1.165, 1.54) is 12.8 Å². The molecule has 3 rings (SSSR count). The fraction of sp³-hybridized carbons (Fsp3) is 0.400. The summed E-state index contributed by atoms with van der Waals surface area (Å²) in [5.41, 5.74) is 7.76. The highest BCUT2D eigenvalue weighted by atomic mass is 35.5. The van der Waals surface area contributed by atoms with Gasteiger partial charge in [-0.1, -0.05) is 11.6 Å². The Kier molecular flexibility index (Phi) is 3.33. The Balaban J connectivity index is 1.92. The van der Waals surface area contributed by atoms with Crippen molar-refractivity contribution in [3.05, 3.63) is 35.0 Å². The molecule has 1 heterocycles. The average Bonchev–Trinajstić information content (AvgIpc) is 3.19. The van der Waals surface area contributed by atoms with Crippen LogP contribution in [0.25, 0.3) is 10.9 Å². The number of aromatic nitrogens is 1. The van der Waals surface area contributed by atoms with Gasteiger partial charge in [0.25, 0.3) is 0 Å². The molecule has 19 heavy (non-hydrogen) atoms. The Morgan fingerprint density at radius 3 is 2.89 bits per heavy atom. The molecule has 1 aliphatic carbocycles. The van der Waals surface area contributed by atoms with Crippen LogP contribution in [0.4, 0.5) is 0 Å². The zero-order valence-electron chi connectivity index (χ0n) is 10.9. The van der Waals surface area contributed by atoms with E-state index in [9.17, 15) is 0 Å². The smallest absolute Gasteiger partial charge is 0.140 e. The van der Waals surface area contributed by atoms with Gasteiger partial charge in [-0.3, -0.25) is 4.98 Å². The molecule has 1 fully saturated rings. The van der Waals surface area contributed by atoms with Crippen LogP contribution in [0.1, 0.15) is 31.4 Å². The fourth-order valence-corrected chi connectivity index (χ4v) is 2.22. The lowest BCUT2D eigenvalue weighted by Gasteiger charge is -2.10. The van der Waals surface area contributed by atoms with Crippen LogP contribution >= 0.6 is 11.6 Å². The van der Waals surface area contributed by atoms with Gasteiger partial charge in [0.1, 0.15) is 5.75 Å². The number of halogens is 1. The lowest BCUT2D eigenvalue weighted by atomic mass is 10.1. The number of nitrogens with two attached hydrogens (primary N) is 1. The van der Waals surface area contributed by atoms with Gasteiger partial charge >= 0.3 is 0 Å². The number of nitrogens with zero attached hydrogens (tertiary/aromatic N) is 1. The van der Waals surface area contributed by atoms with E-state index in [2.05, 4.69) is 4.98 Å². The van der Waals surface area contributed by atoms with E-state index in [0.29, 0.717) is 10.9 Å². The largest absolute Gasteiger partial charge is 0.492 e. The molecule has 1 aliphatic rings. The molecule has 0 radical (unpaired) electrons. The third kappa shape index (κ3) is 2.82. The summed E-state index contributed by atoms with van der Waals surface area (Å²) in [5, 5.41) is 1.63. The Hall–Kier alpha value is -1.32. The zero-order valence-corrected chi connectivity index (χ0v) is 11.7. The van der Waals surface area contributed by atoms with Gasteiger partial charge < -0.3 is 10.5 Å². The third-order valence-electron chi connectivity index (χ3n) is 3.45. The zero-order chi connectivity index (χ0) is 13.4. The Bertz CT molecular complexity index is 608. The second-order valence-corrected chi connectivity index (χ2v) is 5.69. The normalized spacial score (nSPS) is 16.6. The summed E-state index contributed by atoms with van der Waals surface area (Å²) >= 11 is 6.25. The first-order chi connectivity index (χ1) is 9.13. The van der Waals surface area contributed by atoms with Crippen LogP contribution in [0.2, 0.25) is 5.02 Å². The molecule has 0 saturated heterocycles. The van der Waals surface area contributed by atoms with Crippen molar-refractivity contribution in [2.75, 3.05) is 6.61 Å². The monoisotopic (exact) mass is 276 g/mol. The number of pyridine rings is 1. The average molecular weight is 277 g/mol. The van der Waals surface area contributed by atoms with Gasteiger partial charge in [-0.2, -0.15) is 0 Å². The topological polar surface area (TPSA) is 48.1 Å². The van der Waals surface area contributed by atoms with Crippen LogP contribution in [0.3, 0.4) is 0 Å². The molecule has 3 nitrogen and oxygen atoms in total. The lowest BCUT2D eigenvalue weighted by molar-refractivity contribution is 0.300. The van der Waals surface area contributed by atoms with Gasteiger partial charge in [-0.05, 0) is 43.4 Å². The molecule has 2 aromatic rings. The minimum atomic E-state index is -0.0264. The highest BCUT2D eigenvalue weighted by molar-refractivity contribution is 6.32. The SMILES string of the molecule is CC(N)c1cnc2cc(OCC3CC3)c(Cl)cc2c1. The maximum atomic E-state index is 6.25. The maximum Gasteiger partial charge on any atom is 0.140 e. The number of benzene rings is 1. The standard InChI is InChI=1S/C15H17ClN2O/c1-9(17)12-4-11-5-13(16)15(6-14(11)18-7-12)19-8-10-2-3-10/h4-7,9-10H,2-3,8,17H2,1H3. The van der Waals surface area contributed by atoms with Gasteiger partial charge in [0, 0.05) is 23.7 Å². The fourth-order valence-electron chi connectivity index (χ4n) is 2.00. The van der Waals surface area contributed by atoms with Crippen molar-refractivity contribution >= 4 is 22.5 Å². The highest BCUT2D eigenvalue weighted by Gasteiger charge is 2.22. The Morgan fingerprint density at radius 2 is 2.21 bits per heavy atom. The van der Waals surface area contributed by atoms with E-state index in [4.69, 9.17) is 22.1 Å². The molecule has 100 valence electrons. The molecule has 0 spiro atoms. The molecule has 0 aliphatic heterocycles. The molecule has 2 N–H and O–H groups in total. The van der Waals surface area contributed by atoms with E-state index in [1.54, 1.807) is 0 Å². The molecular weight excluding hydrogens is 260 g/mol. The van der Waals surface area contributed by atoms with Crippen LogP contribution in [0, 0.1) is 5.92 Å². The molecule has 0 bridgehead atoms. The van der Waals surface area contributed by atoms with E-state index in [-0.39, 0.29) is 6.04 Å². The van der Waals surface area contributed by atoms with Crippen molar-refractivity contribution < 1.29 is 4.74 Å².